The maximum Gasteiger partial charge on any atom is 0.257 e. The topological polar surface area (TPSA) is 88.9 Å². The van der Waals surface area contributed by atoms with Crippen LogP contribution in [0.5, 0.6) is 0 Å². The lowest BCUT2D eigenvalue weighted by atomic mass is 10.0. The van der Waals surface area contributed by atoms with Gasteiger partial charge in [-0.3, -0.25) is 14.9 Å². The third-order valence-corrected chi connectivity index (χ3v) is 4.98. The Morgan fingerprint density at radius 2 is 1.74 bits per heavy atom. The van der Waals surface area contributed by atoms with Crippen molar-refractivity contribution in [3.05, 3.63) is 76.0 Å². The Morgan fingerprint density at radius 3 is 2.35 bits per heavy atom. The molecule has 0 bridgehead atoms. The standard InChI is InChI=1S/C21H20BrF2N5O2/c1-12(2)18(26-19(30)17-15(23)4-3-5-16(17)24)20(31)27-21-25-11-29(28-21)10-13-6-8-14(22)9-7-13/h3-9,11-12,18H,10H2,1-2H3,(H,26,30)(H,27,28,31)/t18-/m0/s1. The first-order chi connectivity index (χ1) is 14.7. The van der Waals surface area contributed by atoms with Gasteiger partial charge in [-0.2, -0.15) is 0 Å². The maximum atomic E-state index is 13.9. The molecule has 2 aromatic carbocycles. The van der Waals surface area contributed by atoms with Gasteiger partial charge in [-0.25, -0.2) is 18.4 Å². The molecule has 0 radical (unpaired) electrons. The van der Waals surface area contributed by atoms with Gasteiger partial charge in [-0.15, -0.1) is 5.10 Å². The van der Waals surface area contributed by atoms with Gasteiger partial charge in [0.25, 0.3) is 5.91 Å². The van der Waals surface area contributed by atoms with Crippen molar-refractivity contribution in [1.82, 2.24) is 20.1 Å². The fourth-order valence-corrected chi connectivity index (χ4v) is 3.12. The highest BCUT2D eigenvalue weighted by Crippen LogP contribution is 2.14. The zero-order chi connectivity index (χ0) is 22.5. The van der Waals surface area contributed by atoms with Gasteiger partial charge in [0, 0.05) is 4.47 Å². The molecule has 0 spiro atoms. The van der Waals surface area contributed by atoms with E-state index in [1.54, 1.807) is 18.5 Å². The van der Waals surface area contributed by atoms with Crippen LogP contribution in [0.1, 0.15) is 29.8 Å². The molecule has 0 aliphatic heterocycles. The fourth-order valence-electron chi connectivity index (χ4n) is 2.86. The van der Waals surface area contributed by atoms with Crippen molar-refractivity contribution >= 4 is 33.7 Å². The zero-order valence-corrected chi connectivity index (χ0v) is 18.4. The van der Waals surface area contributed by atoms with E-state index in [0.29, 0.717) is 6.54 Å². The number of hydrogen-bond donors (Lipinski definition) is 2. The minimum absolute atomic E-state index is 0.0547. The fraction of sp³-hybridized carbons (Fsp3) is 0.238. The number of amides is 2. The first-order valence-corrected chi connectivity index (χ1v) is 10.2. The van der Waals surface area contributed by atoms with Crippen LogP contribution < -0.4 is 10.6 Å². The minimum atomic E-state index is -1.05. The molecule has 0 unspecified atom stereocenters. The molecule has 0 saturated heterocycles. The number of carbonyl (C=O) groups excluding carboxylic acids is 2. The van der Waals surface area contributed by atoms with E-state index < -0.39 is 35.1 Å². The summed E-state index contributed by atoms with van der Waals surface area (Å²) in [4.78, 5) is 29.1. The van der Waals surface area contributed by atoms with Gasteiger partial charge in [0.15, 0.2) is 0 Å². The Hall–Kier alpha value is -3.14. The molecule has 2 amide bonds. The van der Waals surface area contributed by atoms with Crippen molar-refractivity contribution in [3.63, 3.8) is 0 Å². The predicted molar refractivity (Wildman–Crippen MR) is 114 cm³/mol. The largest absolute Gasteiger partial charge is 0.340 e. The van der Waals surface area contributed by atoms with E-state index in [4.69, 9.17) is 0 Å². The van der Waals surface area contributed by atoms with E-state index in [-0.39, 0.29) is 11.9 Å². The molecule has 10 heteroatoms. The van der Waals surface area contributed by atoms with Crippen LogP contribution in [0.25, 0.3) is 0 Å². The monoisotopic (exact) mass is 491 g/mol. The Labute approximate surface area is 186 Å². The predicted octanol–water partition coefficient (Wildman–Crippen LogP) is 3.76. The molecule has 0 fully saturated rings. The van der Waals surface area contributed by atoms with Crippen molar-refractivity contribution < 1.29 is 18.4 Å². The van der Waals surface area contributed by atoms with Crippen LogP contribution in [0.4, 0.5) is 14.7 Å². The average molecular weight is 492 g/mol. The summed E-state index contributed by atoms with van der Waals surface area (Å²) >= 11 is 3.37. The highest BCUT2D eigenvalue weighted by Gasteiger charge is 2.28. The average Bonchev–Trinajstić information content (AvgIpc) is 3.14. The first-order valence-electron chi connectivity index (χ1n) is 9.44. The summed E-state index contributed by atoms with van der Waals surface area (Å²) in [6.45, 7) is 3.84. The van der Waals surface area contributed by atoms with E-state index in [9.17, 15) is 18.4 Å². The van der Waals surface area contributed by atoms with Crippen molar-refractivity contribution in [1.29, 1.82) is 0 Å². The summed E-state index contributed by atoms with van der Waals surface area (Å²) in [5.74, 6) is -3.93. The molecule has 7 nitrogen and oxygen atoms in total. The lowest BCUT2D eigenvalue weighted by molar-refractivity contribution is -0.118. The normalized spacial score (nSPS) is 11.9. The summed E-state index contributed by atoms with van der Waals surface area (Å²) in [5, 5.41) is 9.13. The summed E-state index contributed by atoms with van der Waals surface area (Å²) in [6, 6.07) is 9.72. The Kier molecular flexibility index (Phi) is 7.11. The smallest absolute Gasteiger partial charge is 0.257 e. The summed E-state index contributed by atoms with van der Waals surface area (Å²) in [5.41, 5.74) is 0.253. The number of hydrogen-bond acceptors (Lipinski definition) is 4. The van der Waals surface area contributed by atoms with Crippen molar-refractivity contribution in [3.8, 4) is 0 Å². The Morgan fingerprint density at radius 1 is 1.10 bits per heavy atom. The highest BCUT2D eigenvalue weighted by atomic mass is 79.9. The number of aromatic nitrogens is 3. The molecule has 2 N–H and O–H groups in total. The molecule has 0 aliphatic carbocycles. The second-order valence-electron chi connectivity index (χ2n) is 7.17. The Balaban J connectivity index is 1.68. The molecule has 3 aromatic rings. The third kappa shape index (κ3) is 5.72. The Bertz CT molecular complexity index is 1070. The van der Waals surface area contributed by atoms with E-state index in [1.807, 2.05) is 24.3 Å². The van der Waals surface area contributed by atoms with Gasteiger partial charge in [0.1, 0.15) is 29.6 Å². The molecule has 0 saturated carbocycles. The molecular weight excluding hydrogens is 472 g/mol. The first kappa shape index (κ1) is 22.5. The van der Waals surface area contributed by atoms with E-state index in [0.717, 1.165) is 28.2 Å². The van der Waals surface area contributed by atoms with Gasteiger partial charge >= 0.3 is 0 Å². The number of anilines is 1. The van der Waals surface area contributed by atoms with E-state index in [2.05, 4.69) is 36.6 Å². The minimum Gasteiger partial charge on any atom is -0.340 e. The quantitative estimate of drug-likeness (QED) is 0.526. The highest BCUT2D eigenvalue weighted by molar-refractivity contribution is 9.10. The number of nitrogens with one attached hydrogen (secondary N) is 2. The second kappa shape index (κ2) is 9.78. The molecule has 31 heavy (non-hydrogen) atoms. The molecule has 1 heterocycles. The van der Waals surface area contributed by atoms with Crippen LogP contribution >= 0.6 is 15.9 Å². The summed E-state index contributed by atoms with van der Waals surface area (Å²) in [7, 11) is 0. The van der Waals surface area contributed by atoms with Gasteiger partial charge < -0.3 is 5.32 Å². The summed E-state index contributed by atoms with van der Waals surface area (Å²) in [6.07, 6.45) is 1.47. The van der Waals surface area contributed by atoms with E-state index in [1.165, 1.54) is 6.33 Å². The molecule has 1 atom stereocenters. The van der Waals surface area contributed by atoms with Gasteiger partial charge in [-0.05, 0) is 35.7 Å². The molecule has 0 aliphatic rings. The van der Waals surface area contributed by atoms with Gasteiger partial charge in [0.05, 0.1) is 6.54 Å². The van der Waals surface area contributed by atoms with Crippen LogP contribution in [0.15, 0.2) is 53.3 Å². The molecule has 162 valence electrons. The van der Waals surface area contributed by atoms with Crippen LogP contribution in [-0.4, -0.2) is 32.6 Å². The zero-order valence-electron chi connectivity index (χ0n) is 16.8. The lowest BCUT2D eigenvalue weighted by Gasteiger charge is -2.21. The lowest BCUT2D eigenvalue weighted by Crippen LogP contribution is -2.47. The summed E-state index contributed by atoms with van der Waals surface area (Å²) < 4.78 is 30.3. The van der Waals surface area contributed by atoms with Crippen LogP contribution in [0, 0.1) is 17.6 Å². The van der Waals surface area contributed by atoms with E-state index >= 15 is 0 Å². The van der Waals surface area contributed by atoms with Crippen molar-refractivity contribution in [2.45, 2.75) is 26.4 Å². The molecule has 3 rings (SSSR count). The number of benzene rings is 2. The van der Waals surface area contributed by atoms with Crippen molar-refractivity contribution in [2.24, 2.45) is 5.92 Å². The second-order valence-corrected chi connectivity index (χ2v) is 8.09. The van der Waals surface area contributed by atoms with Crippen LogP contribution in [0.3, 0.4) is 0 Å². The van der Waals surface area contributed by atoms with Gasteiger partial charge in [0.2, 0.25) is 11.9 Å². The maximum absolute atomic E-state index is 13.9. The van der Waals surface area contributed by atoms with Crippen LogP contribution in [0.2, 0.25) is 0 Å². The number of carbonyl (C=O) groups is 2. The number of halogens is 3. The SMILES string of the molecule is CC(C)[C@H](NC(=O)c1c(F)cccc1F)C(=O)Nc1ncn(Cc2ccc(Br)cc2)n1. The van der Waals surface area contributed by atoms with Crippen molar-refractivity contribution in [2.75, 3.05) is 5.32 Å². The number of rotatable bonds is 7. The van der Waals surface area contributed by atoms with Gasteiger partial charge in [-0.1, -0.05) is 48.0 Å². The number of nitrogens with zero attached hydrogens (tertiary/aromatic N) is 3. The van der Waals surface area contributed by atoms with Crippen LogP contribution in [-0.2, 0) is 11.3 Å². The third-order valence-electron chi connectivity index (χ3n) is 4.45. The molecule has 1 aromatic heterocycles. The molecular formula is C21H20BrF2N5O2.